The molecule has 4 aromatic heterocycles. The van der Waals surface area contributed by atoms with Gasteiger partial charge in [-0.3, -0.25) is 0 Å². The van der Waals surface area contributed by atoms with Crippen LogP contribution in [0.2, 0.25) is 0 Å². The summed E-state index contributed by atoms with van der Waals surface area (Å²) in [6, 6.07) is 3.70. The SMILES string of the molecule is O=C(O)c1cnc(N2CCC(n3ncc(COc4ccc(-n5cnnn5)nc4)n3)CC2)nc1. The molecule has 0 spiro atoms. The number of rotatable bonds is 7. The number of hydrogen-bond donors (Lipinski definition) is 1. The third-order valence-corrected chi connectivity index (χ3v) is 5.21. The second-order valence-corrected chi connectivity index (χ2v) is 7.35. The summed E-state index contributed by atoms with van der Waals surface area (Å²) in [5, 5.41) is 28.9. The number of aromatic carboxylic acids is 1. The van der Waals surface area contributed by atoms with Crippen LogP contribution in [0.5, 0.6) is 5.75 Å². The van der Waals surface area contributed by atoms with E-state index in [1.165, 1.54) is 23.4 Å². The zero-order valence-corrected chi connectivity index (χ0v) is 17.3. The van der Waals surface area contributed by atoms with Gasteiger partial charge in [0.05, 0.1) is 24.0 Å². The highest BCUT2D eigenvalue weighted by molar-refractivity contribution is 5.86. The lowest BCUT2D eigenvalue weighted by molar-refractivity contribution is 0.0696. The molecule has 14 heteroatoms. The lowest BCUT2D eigenvalue weighted by atomic mass is 10.1. The van der Waals surface area contributed by atoms with Crippen LogP contribution in [0, 0.1) is 0 Å². The van der Waals surface area contributed by atoms with Crippen molar-refractivity contribution in [2.24, 2.45) is 0 Å². The highest BCUT2D eigenvalue weighted by Gasteiger charge is 2.24. The number of hydrogen-bond acceptors (Lipinski definition) is 11. The molecule has 1 saturated heterocycles. The van der Waals surface area contributed by atoms with Crippen molar-refractivity contribution in [3.05, 3.63) is 54.5 Å². The van der Waals surface area contributed by atoms with E-state index in [2.05, 4.69) is 40.7 Å². The van der Waals surface area contributed by atoms with Gasteiger partial charge in [0.1, 0.15) is 24.4 Å². The Morgan fingerprint density at radius 1 is 1.09 bits per heavy atom. The van der Waals surface area contributed by atoms with E-state index >= 15 is 0 Å². The Morgan fingerprint density at radius 3 is 2.58 bits per heavy atom. The quantitative estimate of drug-likeness (QED) is 0.417. The van der Waals surface area contributed by atoms with Crippen molar-refractivity contribution in [3.8, 4) is 11.6 Å². The molecule has 1 N–H and O–H groups in total. The molecule has 33 heavy (non-hydrogen) atoms. The molecule has 168 valence electrons. The molecule has 0 radical (unpaired) electrons. The molecule has 0 saturated carbocycles. The minimum atomic E-state index is -1.04. The Morgan fingerprint density at radius 2 is 1.91 bits per heavy atom. The summed E-state index contributed by atoms with van der Waals surface area (Å²) in [6.45, 7) is 1.72. The predicted octanol–water partition coefficient (Wildman–Crippen LogP) is 0.557. The molecule has 14 nitrogen and oxygen atoms in total. The number of carboxylic acid groups (broad SMARTS) is 1. The number of nitrogens with zero attached hydrogens (tertiary/aromatic N) is 11. The Hall–Kier alpha value is -4.49. The van der Waals surface area contributed by atoms with Gasteiger partial charge >= 0.3 is 5.97 Å². The fourth-order valence-electron chi connectivity index (χ4n) is 3.46. The first kappa shape index (κ1) is 20.4. The largest absolute Gasteiger partial charge is 0.486 e. The van der Waals surface area contributed by atoms with Crippen LogP contribution in [0.15, 0.2) is 43.2 Å². The van der Waals surface area contributed by atoms with Gasteiger partial charge in [0.15, 0.2) is 5.82 Å². The summed E-state index contributed by atoms with van der Waals surface area (Å²) in [4.78, 5) is 27.3. The summed E-state index contributed by atoms with van der Waals surface area (Å²) in [5.74, 6) is 0.680. The summed E-state index contributed by atoms with van der Waals surface area (Å²) in [5.41, 5.74) is 0.790. The average molecular weight is 449 g/mol. The Labute approximate surface area is 186 Å². The van der Waals surface area contributed by atoms with Gasteiger partial charge in [0.25, 0.3) is 0 Å². The van der Waals surface area contributed by atoms with E-state index in [9.17, 15) is 4.79 Å². The summed E-state index contributed by atoms with van der Waals surface area (Å²) < 4.78 is 7.22. The number of anilines is 1. The number of ether oxygens (including phenoxy) is 1. The highest BCUT2D eigenvalue weighted by atomic mass is 16.5. The second-order valence-electron chi connectivity index (χ2n) is 7.35. The molecule has 0 unspecified atom stereocenters. The van der Waals surface area contributed by atoms with Crippen molar-refractivity contribution < 1.29 is 14.6 Å². The number of piperidine rings is 1. The van der Waals surface area contributed by atoms with Crippen LogP contribution in [0.25, 0.3) is 5.82 Å². The van der Waals surface area contributed by atoms with E-state index in [4.69, 9.17) is 9.84 Å². The van der Waals surface area contributed by atoms with Crippen LogP contribution >= 0.6 is 0 Å². The molecule has 5 rings (SSSR count). The fraction of sp³-hybridized carbons (Fsp3) is 0.316. The van der Waals surface area contributed by atoms with Gasteiger partial charge in [-0.2, -0.15) is 19.7 Å². The number of carboxylic acids is 1. The van der Waals surface area contributed by atoms with Gasteiger partial charge < -0.3 is 14.7 Å². The first-order valence-electron chi connectivity index (χ1n) is 10.2. The van der Waals surface area contributed by atoms with Gasteiger partial charge in [-0.1, -0.05) is 0 Å². The predicted molar refractivity (Wildman–Crippen MR) is 111 cm³/mol. The van der Waals surface area contributed by atoms with Crippen molar-refractivity contribution in [1.29, 1.82) is 0 Å². The van der Waals surface area contributed by atoms with Gasteiger partial charge in [0.2, 0.25) is 5.95 Å². The molecule has 1 aliphatic rings. The van der Waals surface area contributed by atoms with Gasteiger partial charge in [-0.15, -0.1) is 5.10 Å². The van der Waals surface area contributed by atoms with Crippen LogP contribution < -0.4 is 9.64 Å². The van der Waals surface area contributed by atoms with E-state index in [0.717, 1.165) is 31.6 Å². The number of tetrazole rings is 1. The molecule has 0 bridgehead atoms. The van der Waals surface area contributed by atoms with Crippen molar-refractivity contribution >= 4 is 11.9 Å². The molecule has 1 fully saturated rings. The summed E-state index contributed by atoms with van der Waals surface area (Å²) in [6.07, 6.45) is 9.06. The lowest BCUT2D eigenvalue weighted by Crippen LogP contribution is -2.36. The summed E-state index contributed by atoms with van der Waals surface area (Å²) >= 11 is 0. The maximum Gasteiger partial charge on any atom is 0.338 e. The zero-order chi connectivity index (χ0) is 22.6. The maximum absolute atomic E-state index is 10.9. The van der Waals surface area contributed by atoms with E-state index in [1.807, 2.05) is 4.90 Å². The summed E-state index contributed by atoms with van der Waals surface area (Å²) in [7, 11) is 0. The van der Waals surface area contributed by atoms with Crippen molar-refractivity contribution in [1.82, 2.24) is 50.2 Å². The van der Waals surface area contributed by atoms with E-state index in [0.29, 0.717) is 17.5 Å². The van der Waals surface area contributed by atoms with E-state index < -0.39 is 5.97 Å². The molecular formula is C19H19N11O3. The third kappa shape index (κ3) is 4.58. The molecule has 0 aromatic carbocycles. The van der Waals surface area contributed by atoms with Gasteiger partial charge in [-0.25, -0.2) is 19.7 Å². The van der Waals surface area contributed by atoms with Crippen LogP contribution in [-0.2, 0) is 6.61 Å². The number of carbonyl (C=O) groups is 1. The standard InChI is InChI=1S/C19H19N11O3/c31-18(32)13-7-21-19(22-8-13)28-5-3-15(4-6-28)30-24-9-14(25-30)11-33-16-1-2-17(20-10-16)29-12-23-26-27-29/h1-2,7-10,12,15H,3-6,11H2,(H,31,32). The minimum Gasteiger partial charge on any atom is -0.486 e. The zero-order valence-electron chi connectivity index (χ0n) is 17.3. The molecular weight excluding hydrogens is 430 g/mol. The van der Waals surface area contributed by atoms with Crippen LogP contribution in [0.4, 0.5) is 5.95 Å². The van der Waals surface area contributed by atoms with Crippen LogP contribution in [0.1, 0.15) is 34.9 Å². The highest BCUT2D eigenvalue weighted by Crippen LogP contribution is 2.23. The first-order valence-corrected chi connectivity index (χ1v) is 10.2. The van der Waals surface area contributed by atoms with E-state index in [-0.39, 0.29) is 18.2 Å². The molecule has 1 aliphatic heterocycles. The molecule has 0 amide bonds. The van der Waals surface area contributed by atoms with Gasteiger partial charge in [-0.05, 0) is 35.4 Å². The van der Waals surface area contributed by atoms with Crippen molar-refractivity contribution in [2.45, 2.75) is 25.5 Å². The van der Waals surface area contributed by atoms with Crippen LogP contribution in [-0.4, -0.2) is 74.3 Å². The van der Waals surface area contributed by atoms with Crippen molar-refractivity contribution in [2.75, 3.05) is 18.0 Å². The number of pyridine rings is 1. The fourth-order valence-corrected chi connectivity index (χ4v) is 3.46. The Kier molecular flexibility index (Phi) is 5.53. The monoisotopic (exact) mass is 449 g/mol. The second kappa shape index (κ2) is 8.94. The maximum atomic E-state index is 10.9. The van der Waals surface area contributed by atoms with E-state index in [1.54, 1.807) is 29.3 Å². The van der Waals surface area contributed by atoms with Gasteiger partial charge in [0, 0.05) is 25.5 Å². The topological polar surface area (TPSA) is 163 Å². The normalized spacial score (nSPS) is 14.4. The third-order valence-electron chi connectivity index (χ3n) is 5.21. The molecule has 4 aromatic rings. The smallest absolute Gasteiger partial charge is 0.338 e. The molecule has 0 atom stereocenters. The molecule has 0 aliphatic carbocycles. The number of aromatic nitrogens is 10. The lowest BCUT2D eigenvalue weighted by Gasteiger charge is -2.31. The average Bonchev–Trinajstić information content (AvgIpc) is 3.56. The molecule has 5 heterocycles. The van der Waals surface area contributed by atoms with Crippen molar-refractivity contribution in [3.63, 3.8) is 0 Å². The first-order chi connectivity index (χ1) is 16.2. The Balaban J connectivity index is 1.13. The Bertz CT molecular complexity index is 1200. The minimum absolute atomic E-state index is 0.0726. The van der Waals surface area contributed by atoms with Crippen LogP contribution in [0.3, 0.4) is 0 Å².